The summed E-state index contributed by atoms with van der Waals surface area (Å²) in [6, 6.07) is 8.48. The van der Waals surface area contributed by atoms with Crippen molar-refractivity contribution in [2.45, 2.75) is 39.5 Å². The zero-order valence-corrected chi connectivity index (χ0v) is 16.4. The molecule has 1 saturated heterocycles. The quantitative estimate of drug-likeness (QED) is 0.771. The summed E-state index contributed by atoms with van der Waals surface area (Å²) in [4.78, 5) is 34.7. The summed E-state index contributed by atoms with van der Waals surface area (Å²) >= 11 is 0. The Hall–Kier alpha value is -2.96. The van der Waals surface area contributed by atoms with E-state index in [4.69, 9.17) is 4.74 Å². The van der Waals surface area contributed by atoms with Crippen molar-refractivity contribution in [1.82, 2.24) is 9.97 Å². The van der Waals surface area contributed by atoms with Gasteiger partial charge in [-0.2, -0.15) is 4.98 Å². The molecule has 7 nitrogen and oxygen atoms in total. The minimum atomic E-state index is -0.289. The van der Waals surface area contributed by atoms with Crippen LogP contribution in [0.2, 0.25) is 0 Å². The number of carbonyl (C=O) groups excluding carboxylic acids is 2. The van der Waals surface area contributed by atoms with Gasteiger partial charge in [-0.15, -0.1) is 0 Å². The smallest absolute Gasteiger partial charge is 0.262 e. The number of anilines is 2. The van der Waals surface area contributed by atoms with Crippen molar-refractivity contribution in [1.29, 1.82) is 0 Å². The van der Waals surface area contributed by atoms with Crippen LogP contribution in [0.1, 0.15) is 48.7 Å². The first-order chi connectivity index (χ1) is 13.5. The molecule has 1 amide bonds. The van der Waals surface area contributed by atoms with Crippen molar-refractivity contribution in [2.75, 3.05) is 29.9 Å². The van der Waals surface area contributed by atoms with E-state index in [0.29, 0.717) is 23.1 Å². The van der Waals surface area contributed by atoms with Crippen LogP contribution >= 0.6 is 0 Å². The monoisotopic (exact) mass is 382 g/mol. The molecular weight excluding hydrogens is 356 g/mol. The number of nitrogens with one attached hydrogen (secondary N) is 1. The Morgan fingerprint density at radius 3 is 2.39 bits per heavy atom. The zero-order chi connectivity index (χ0) is 19.9. The van der Waals surface area contributed by atoms with Crippen molar-refractivity contribution in [2.24, 2.45) is 0 Å². The predicted octanol–water partition coefficient (Wildman–Crippen LogP) is 3.39. The van der Waals surface area contributed by atoms with Gasteiger partial charge in [0.15, 0.2) is 12.4 Å². The topological polar surface area (TPSA) is 84.4 Å². The highest BCUT2D eigenvalue weighted by atomic mass is 16.5. The molecular formula is C21H26N4O3. The molecule has 0 bridgehead atoms. The molecule has 0 radical (unpaired) electrons. The Labute approximate surface area is 165 Å². The average molecular weight is 382 g/mol. The van der Waals surface area contributed by atoms with Gasteiger partial charge >= 0.3 is 0 Å². The van der Waals surface area contributed by atoms with Crippen molar-refractivity contribution in [3.05, 3.63) is 41.6 Å². The van der Waals surface area contributed by atoms with Crippen molar-refractivity contribution in [3.8, 4) is 5.88 Å². The Kier molecular flexibility index (Phi) is 6.57. The molecule has 2 heterocycles. The summed E-state index contributed by atoms with van der Waals surface area (Å²) in [5.41, 5.74) is 2.03. The highest BCUT2D eigenvalue weighted by molar-refractivity contribution is 5.95. The highest BCUT2D eigenvalue weighted by Gasteiger charge is 2.15. The van der Waals surface area contributed by atoms with Gasteiger partial charge in [0.25, 0.3) is 5.91 Å². The molecule has 1 aromatic heterocycles. The lowest BCUT2D eigenvalue weighted by Crippen LogP contribution is -2.26. The predicted molar refractivity (Wildman–Crippen MR) is 108 cm³/mol. The lowest BCUT2D eigenvalue weighted by molar-refractivity contribution is -0.118. The number of aryl methyl sites for hydroxylation is 1. The third kappa shape index (κ3) is 5.52. The Balaban J connectivity index is 1.58. The van der Waals surface area contributed by atoms with Crippen molar-refractivity contribution >= 4 is 23.3 Å². The fraction of sp³-hybridized carbons (Fsp3) is 0.429. The van der Waals surface area contributed by atoms with Gasteiger partial charge in [0.2, 0.25) is 11.8 Å². The van der Waals surface area contributed by atoms with Gasteiger partial charge in [-0.3, -0.25) is 9.59 Å². The molecule has 148 valence electrons. The Morgan fingerprint density at radius 2 is 1.75 bits per heavy atom. The standard InChI is InChI=1S/C21H26N4O3/c1-15-13-20(24-21(22-15)25-11-5-3-4-6-12-25)28-14-19(27)23-18-9-7-17(8-10-18)16(2)26/h7-10,13H,3-6,11-12,14H2,1-2H3,(H,23,27). The number of nitrogens with zero attached hydrogens (tertiary/aromatic N) is 3. The number of carbonyl (C=O) groups is 2. The molecule has 0 spiro atoms. The van der Waals surface area contributed by atoms with E-state index < -0.39 is 0 Å². The van der Waals surface area contributed by atoms with Gasteiger partial charge in [0.05, 0.1) is 0 Å². The Bertz CT molecular complexity index is 828. The van der Waals surface area contributed by atoms with Crippen LogP contribution in [0.4, 0.5) is 11.6 Å². The van der Waals surface area contributed by atoms with E-state index in [-0.39, 0.29) is 18.3 Å². The third-order valence-electron chi connectivity index (χ3n) is 4.63. The molecule has 28 heavy (non-hydrogen) atoms. The van der Waals surface area contributed by atoms with Gasteiger partial charge in [-0.25, -0.2) is 4.98 Å². The number of ketones is 1. The van der Waals surface area contributed by atoms with Crippen LogP contribution in [0, 0.1) is 6.92 Å². The van der Waals surface area contributed by atoms with E-state index >= 15 is 0 Å². The van der Waals surface area contributed by atoms with Gasteiger partial charge in [-0.05, 0) is 51.0 Å². The maximum Gasteiger partial charge on any atom is 0.262 e. The molecule has 7 heteroatoms. The van der Waals surface area contributed by atoms with E-state index in [1.807, 2.05) is 6.92 Å². The summed E-state index contributed by atoms with van der Waals surface area (Å²) in [7, 11) is 0. The first-order valence-electron chi connectivity index (χ1n) is 9.65. The van der Waals surface area contributed by atoms with Crippen LogP contribution in [0.3, 0.4) is 0 Å². The summed E-state index contributed by atoms with van der Waals surface area (Å²) in [6.45, 7) is 5.14. The number of Topliss-reactive ketones (excluding diaryl/α,β-unsaturated/α-hetero) is 1. The summed E-state index contributed by atoms with van der Waals surface area (Å²) < 4.78 is 5.60. The van der Waals surface area contributed by atoms with Gasteiger partial charge in [0, 0.05) is 36.1 Å². The fourth-order valence-electron chi connectivity index (χ4n) is 3.14. The van der Waals surface area contributed by atoms with Crippen LogP contribution in [0.25, 0.3) is 0 Å². The molecule has 0 atom stereocenters. The summed E-state index contributed by atoms with van der Waals surface area (Å²) in [5.74, 6) is 0.759. The molecule has 2 aromatic rings. The molecule has 1 aromatic carbocycles. The van der Waals surface area contributed by atoms with Crippen molar-refractivity contribution in [3.63, 3.8) is 0 Å². The lowest BCUT2D eigenvalue weighted by Gasteiger charge is -2.21. The third-order valence-corrected chi connectivity index (χ3v) is 4.63. The molecule has 0 unspecified atom stereocenters. The molecule has 3 rings (SSSR count). The number of rotatable bonds is 6. The molecule has 1 aliphatic rings. The number of hydrogen-bond acceptors (Lipinski definition) is 6. The summed E-state index contributed by atoms with van der Waals surface area (Å²) in [5, 5.41) is 2.75. The normalized spacial score (nSPS) is 14.3. The Morgan fingerprint density at radius 1 is 1.07 bits per heavy atom. The van der Waals surface area contributed by atoms with E-state index in [1.165, 1.54) is 19.8 Å². The van der Waals surface area contributed by atoms with Gasteiger partial charge in [0.1, 0.15) is 0 Å². The first kappa shape index (κ1) is 19.8. The average Bonchev–Trinajstić information content (AvgIpc) is 2.96. The van der Waals surface area contributed by atoms with Gasteiger partial charge in [-0.1, -0.05) is 12.8 Å². The maximum atomic E-state index is 12.2. The lowest BCUT2D eigenvalue weighted by atomic mass is 10.1. The van der Waals surface area contributed by atoms with E-state index in [2.05, 4.69) is 20.2 Å². The van der Waals surface area contributed by atoms with Crippen LogP contribution in [-0.4, -0.2) is 41.4 Å². The summed E-state index contributed by atoms with van der Waals surface area (Å²) in [6.07, 6.45) is 4.75. The van der Waals surface area contributed by atoms with E-state index in [0.717, 1.165) is 31.6 Å². The highest BCUT2D eigenvalue weighted by Crippen LogP contribution is 2.19. The molecule has 1 fully saturated rings. The second-order valence-corrected chi connectivity index (χ2v) is 7.02. The number of hydrogen-bond donors (Lipinski definition) is 1. The SMILES string of the molecule is CC(=O)c1ccc(NC(=O)COc2cc(C)nc(N3CCCCCC3)n2)cc1. The van der Waals surface area contributed by atoms with Crippen molar-refractivity contribution < 1.29 is 14.3 Å². The minimum absolute atomic E-state index is 0.0134. The number of benzene rings is 1. The van der Waals surface area contributed by atoms with Gasteiger partial charge < -0.3 is 15.0 Å². The van der Waals surface area contributed by atoms with Crippen LogP contribution in [0.5, 0.6) is 5.88 Å². The maximum absolute atomic E-state index is 12.2. The number of aromatic nitrogens is 2. The zero-order valence-electron chi connectivity index (χ0n) is 16.4. The molecule has 0 saturated carbocycles. The van der Waals surface area contributed by atoms with Crippen LogP contribution in [0.15, 0.2) is 30.3 Å². The molecule has 1 N–H and O–H groups in total. The molecule has 0 aliphatic carbocycles. The van der Waals surface area contributed by atoms with E-state index in [1.54, 1.807) is 30.3 Å². The second kappa shape index (κ2) is 9.30. The second-order valence-electron chi connectivity index (χ2n) is 7.02. The number of ether oxygens (including phenoxy) is 1. The minimum Gasteiger partial charge on any atom is -0.467 e. The number of amides is 1. The van der Waals surface area contributed by atoms with Crippen LogP contribution < -0.4 is 15.0 Å². The fourth-order valence-corrected chi connectivity index (χ4v) is 3.14. The van der Waals surface area contributed by atoms with E-state index in [9.17, 15) is 9.59 Å². The largest absolute Gasteiger partial charge is 0.467 e. The first-order valence-corrected chi connectivity index (χ1v) is 9.65. The van der Waals surface area contributed by atoms with Crippen LogP contribution in [-0.2, 0) is 4.79 Å². The molecule has 1 aliphatic heterocycles.